The van der Waals surface area contributed by atoms with Gasteiger partial charge < -0.3 is 10.1 Å². The SMILES string of the molecule is COc1cc(C)nc(CNC(C)c2nccs2)c1. The van der Waals surface area contributed by atoms with Crippen LogP contribution in [0.2, 0.25) is 0 Å². The van der Waals surface area contributed by atoms with E-state index >= 15 is 0 Å². The lowest BCUT2D eigenvalue weighted by Gasteiger charge is -2.11. The molecule has 1 atom stereocenters. The van der Waals surface area contributed by atoms with Crippen molar-refractivity contribution in [1.82, 2.24) is 15.3 Å². The monoisotopic (exact) mass is 263 g/mol. The summed E-state index contributed by atoms with van der Waals surface area (Å²) < 4.78 is 5.24. The van der Waals surface area contributed by atoms with Gasteiger partial charge in [0.1, 0.15) is 10.8 Å². The normalized spacial score (nSPS) is 12.4. The first-order valence-electron chi connectivity index (χ1n) is 5.83. The maximum atomic E-state index is 5.24. The Balaban J connectivity index is 1.99. The van der Waals surface area contributed by atoms with Crippen LogP contribution in [0.25, 0.3) is 0 Å². The average molecular weight is 263 g/mol. The summed E-state index contributed by atoms with van der Waals surface area (Å²) in [6, 6.07) is 4.11. The van der Waals surface area contributed by atoms with Crippen LogP contribution < -0.4 is 10.1 Å². The Morgan fingerprint density at radius 3 is 2.94 bits per heavy atom. The van der Waals surface area contributed by atoms with Crippen LogP contribution in [0.3, 0.4) is 0 Å². The number of aromatic nitrogens is 2. The van der Waals surface area contributed by atoms with Crippen molar-refractivity contribution in [1.29, 1.82) is 0 Å². The van der Waals surface area contributed by atoms with Crippen LogP contribution in [0, 0.1) is 6.92 Å². The maximum Gasteiger partial charge on any atom is 0.122 e. The van der Waals surface area contributed by atoms with Gasteiger partial charge in [-0.3, -0.25) is 4.98 Å². The number of nitrogens with one attached hydrogen (secondary N) is 1. The van der Waals surface area contributed by atoms with Gasteiger partial charge in [0, 0.05) is 35.9 Å². The van der Waals surface area contributed by atoms with Crippen molar-refractivity contribution in [2.24, 2.45) is 0 Å². The Morgan fingerprint density at radius 2 is 2.28 bits per heavy atom. The molecular weight excluding hydrogens is 246 g/mol. The molecule has 96 valence electrons. The number of hydrogen-bond donors (Lipinski definition) is 1. The Hall–Kier alpha value is -1.46. The van der Waals surface area contributed by atoms with Gasteiger partial charge in [-0.2, -0.15) is 0 Å². The molecule has 1 unspecified atom stereocenters. The van der Waals surface area contributed by atoms with Crippen molar-refractivity contribution in [3.63, 3.8) is 0 Å². The Labute approximate surface area is 111 Å². The summed E-state index contributed by atoms with van der Waals surface area (Å²) in [5.41, 5.74) is 1.95. The van der Waals surface area contributed by atoms with E-state index in [1.165, 1.54) is 0 Å². The van der Waals surface area contributed by atoms with Gasteiger partial charge in [0.05, 0.1) is 18.8 Å². The zero-order chi connectivity index (χ0) is 13.0. The summed E-state index contributed by atoms with van der Waals surface area (Å²) >= 11 is 1.66. The minimum absolute atomic E-state index is 0.235. The predicted molar refractivity (Wildman–Crippen MR) is 72.9 cm³/mol. The second kappa shape index (κ2) is 5.93. The largest absolute Gasteiger partial charge is 0.497 e. The molecule has 0 radical (unpaired) electrons. The molecule has 2 rings (SSSR count). The molecule has 0 spiro atoms. The second-order valence-electron chi connectivity index (χ2n) is 4.11. The molecule has 18 heavy (non-hydrogen) atoms. The minimum atomic E-state index is 0.235. The molecule has 0 saturated heterocycles. The number of ether oxygens (including phenoxy) is 1. The Morgan fingerprint density at radius 1 is 1.44 bits per heavy atom. The number of hydrogen-bond acceptors (Lipinski definition) is 5. The fourth-order valence-corrected chi connectivity index (χ4v) is 2.37. The Kier molecular flexibility index (Phi) is 4.28. The predicted octanol–water partition coefficient (Wildman–Crippen LogP) is 2.71. The van der Waals surface area contributed by atoms with E-state index in [0.29, 0.717) is 6.54 Å². The lowest BCUT2D eigenvalue weighted by Crippen LogP contribution is -2.18. The summed E-state index contributed by atoms with van der Waals surface area (Å²) in [5, 5.41) is 6.49. The van der Waals surface area contributed by atoms with Gasteiger partial charge in [-0.25, -0.2) is 4.98 Å². The van der Waals surface area contributed by atoms with E-state index in [0.717, 1.165) is 22.1 Å². The standard InChI is InChI=1S/C13H17N3OS/c1-9-6-12(17-3)7-11(16-9)8-15-10(2)13-14-4-5-18-13/h4-7,10,15H,8H2,1-3H3. The molecule has 0 saturated carbocycles. The lowest BCUT2D eigenvalue weighted by molar-refractivity contribution is 0.412. The molecule has 0 aliphatic heterocycles. The first-order valence-corrected chi connectivity index (χ1v) is 6.71. The molecule has 0 amide bonds. The van der Waals surface area contributed by atoms with Crippen molar-refractivity contribution in [2.75, 3.05) is 7.11 Å². The second-order valence-corrected chi connectivity index (χ2v) is 5.04. The number of thiazole rings is 1. The van der Waals surface area contributed by atoms with E-state index in [1.807, 2.05) is 30.6 Å². The van der Waals surface area contributed by atoms with Gasteiger partial charge in [0.2, 0.25) is 0 Å². The number of nitrogens with zero attached hydrogens (tertiary/aromatic N) is 2. The van der Waals surface area contributed by atoms with Gasteiger partial charge in [0.15, 0.2) is 0 Å². The lowest BCUT2D eigenvalue weighted by atomic mass is 10.2. The summed E-state index contributed by atoms with van der Waals surface area (Å²) in [4.78, 5) is 8.77. The average Bonchev–Trinajstić information content (AvgIpc) is 2.89. The third-order valence-corrected chi connectivity index (χ3v) is 3.59. The first-order chi connectivity index (χ1) is 8.69. The quantitative estimate of drug-likeness (QED) is 0.901. The van der Waals surface area contributed by atoms with Gasteiger partial charge in [-0.15, -0.1) is 11.3 Å². The summed E-state index contributed by atoms with van der Waals surface area (Å²) in [6.45, 7) is 4.78. The molecule has 5 heteroatoms. The zero-order valence-electron chi connectivity index (χ0n) is 10.8. The molecule has 0 aliphatic carbocycles. The summed E-state index contributed by atoms with van der Waals surface area (Å²) in [7, 11) is 1.67. The number of rotatable bonds is 5. The first kappa shape index (κ1) is 13.0. The van der Waals surface area contributed by atoms with Gasteiger partial charge in [-0.05, 0) is 13.8 Å². The fraction of sp³-hybridized carbons (Fsp3) is 0.385. The van der Waals surface area contributed by atoms with Crippen LogP contribution in [0.4, 0.5) is 0 Å². The molecule has 0 fully saturated rings. The molecule has 2 aromatic heterocycles. The van der Waals surface area contributed by atoms with Crippen molar-refractivity contribution < 1.29 is 4.74 Å². The van der Waals surface area contributed by atoms with Gasteiger partial charge in [-0.1, -0.05) is 0 Å². The maximum absolute atomic E-state index is 5.24. The summed E-state index contributed by atoms with van der Waals surface area (Å²) in [5.74, 6) is 0.848. The van der Waals surface area contributed by atoms with E-state index in [-0.39, 0.29) is 6.04 Å². The van der Waals surface area contributed by atoms with E-state index in [1.54, 1.807) is 18.4 Å². The van der Waals surface area contributed by atoms with Crippen molar-refractivity contribution in [3.05, 3.63) is 40.1 Å². The highest BCUT2D eigenvalue weighted by atomic mass is 32.1. The molecule has 0 bridgehead atoms. The van der Waals surface area contributed by atoms with Crippen LogP contribution in [0.15, 0.2) is 23.7 Å². The number of aryl methyl sites for hydroxylation is 1. The van der Waals surface area contributed by atoms with Gasteiger partial charge in [0.25, 0.3) is 0 Å². The van der Waals surface area contributed by atoms with Crippen molar-refractivity contribution >= 4 is 11.3 Å². The van der Waals surface area contributed by atoms with Gasteiger partial charge >= 0.3 is 0 Å². The zero-order valence-corrected chi connectivity index (χ0v) is 11.6. The molecule has 1 N–H and O–H groups in total. The number of methoxy groups -OCH3 is 1. The molecule has 4 nitrogen and oxygen atoms in total. The van der Waals surface area contributed by atoms with Crippen LogP contribution in [0.5, 0.6) is 5.75 Å². The van der Waals surface area contributed by atoms with Crippen LogP contribution in [0.1, 0.15) is 29.4 Å². The molecule has 0 aliphatic rings. The van der Waals surface area contributed by atoms with Crippen molar-refractivity contribution in [3.8, 4) is 5.75 Å². The highest BCUT2D eigenvalue weighted by Gasteiger charge is 2.08. The topological polar surface area (TPSA) is 47.0 Å². The minimum Gasteiger partial charge on any atom is -0.497 e. The van der Waals surface area contributed by atoms with Crippen LogP contribution in [-0.2, 0) is 6.54 Å². The van der Waals surface area contributed by atoms with E-state index in [9.17, 15) is 0 Å². The number of pyridine rings is 1. The van der Waals surface area contributed by atoms with Crippen LogP contribution in [-0.4, -0.2) is 17.1 Å². The van der Waals surface area contributed by atoms with E-state index in [2.05, 4.69) is 22.2 Å². The third kappa shape index (κ3) is 3.27. The Bertz CT molecular complexity index is 499. The highest BCUT2D eigenvalue weighted by molar-refractivity contribution is 7.09. The van der Waals surface area contributed by atoms with E-state index in [4.69, 9.17) is 4.74 Å². The molecule has 2 heterocycles. The van der Waals surface area contributed by atoms with Crippen LogP contribution >= 0.6 is 11.3 Å². The smallest absolute Gasteiger partial charge is 0.122 e. The highest BCUT2D eigenvalue weighted by Crippen LogP contribution is 2.17. The molecular formula is C13H17N3OS. The fourth-order valence-electron chi connectivity index (χ4n) is 1.70. The summed E-state index contributed by atoms with van der Waals surface area (Å²) in [6.07, 6.45) is 1.83. The third-order valence-electron chi connectivity index (χ3n) is 2.63. The van der Waals surface area contributed by atoms with E-state index < -0.39 is 0 Å². The molecule has 0 aromatic carbocycles. The molecule has 2 aromatic rings. The van der Waals surface area contributed by atoms with Crippen molar-refractivity contribution in [2.45, 2.75) is 26.4 Å².